The molecule has 1 aliphatic rings. The van der Waals surface area contributed by atoms with Gasteiger partial charge in [0, 0.05) is 36.0 Å². The van der Waals surface area contributed by atoms with Gasteiger partial charge in [-0.15, -0.1) is 0 Å². The van der Waals surface area contributed by atoms with Crippen LogP contribution in [-0.2, 0) is 14.3 Å². The summed E-state index contributed by atoms with van der Waals surface area (Å²) in [4.78, 5) is 27.9. The van der Waals surface area contributed by atoms with E-state index < -0.39 is 11.8 Å². The second-order valence-electron chi connectivity index (χ2n) is 11.1. The Hall–Kier alpha value is -4.48. The Morgan fingerprint density at radius 3 is 2.40 bits per heavy atom. The largest absolute Gasteiger partial charge is 0.493 e. The number of rotatable bonds is 11. The molecule has 1 aromatic heterocycles. The standard InChI is InChI=1S/C34H38N4O4/c1-22(2)21-42-28-13-14-29(24(5)17-28)32-26(20-38(36-32)27-11-8-7-9-12-27)18-30-25(6)31(19-35)34(40)37(33(30)39)15-10-16-41-23(3)4/h7-9,11-14,17-18,20,22-23H,10,15-16,21H2,1-6H3/b30-18+. The molecule has 0 aliphatic carbocycles. The van der Waals surface area contributed by atoms with Gasteiger partial charge in [0.25, 0.3) is 11.8 Å². The van der Waals surface area contributed by atoms with Crippen molar-refractivity contribution in [2.45, 2.75) is 54.1 Å². The molecule has 2 aromatic carbocycles. The van der Waals surface area contributed by atoms with Crippen LogP contribution in [0, 0.1) is 24.2 Å². The van der Waals surface area contributed by atoms with Crippen LogP contribution in [0.2, 0.25) is 0 Å². The highest BCUT2D eigenvalue weighted by Gasteiger charge is 2.35. The van der Waals surface area contributed by atoms with E-state index in [0.29, 0.717) is 48.0 Å². The van der Waals surface area contributed by atoms with Gasteiger partial charge in [-0.05, 0) is 87.6 Å². The van der Waals surface area contributed by atoms with Crippen molar-refractivity contribution in [1.29, 1.82) is 5.26 Å². The van der Waals surface area contributed by atoms with Crippen molar-refractivity contribution in [3.63, 3.8) is 0 Å². The molecule has 0 fully saturated rings. The van der Waals surface area contributed by atoms with Crippen LogP contribution in [0.3, 0.4) is 0 Å². The van der Waals surface area contributed by atoms with E-state index in [9.17, 15) is 14.9 Å². The van der Waals surface area contributed by atoms with Crippen LogP contribution < -0.4 is 4.74 Å². The first kappa shape index (κ1) is 30.5. The van der Waals surface area contributed by atoms with E-state index in [1.165, 1.54) is 0 Å². The zero-order valence-electron chi connectivity index (χ0n) is 25.2. The summed E-state index contributed by atoms with van der Waals surface area (Å²) in [5.74, 6) is 0.174. The zero-order chi connectivity index (χ0) is 30.4. The molecule has 0 N–H and O–H groups in total. The molecule has 2 heterocycles. The van der Waals surface area contributed by atoms with Gasteiger partial charge >= 0.3 is 0 Å². The summed E-state index contributed by atoms with van der Waals surface area (Å²) >= 11 is 0. The number of carbonyl (C=O) groups is 2. The van der Waals surface area contributed by atoms with Gasteiger partial charge in [0.1, 0.15) is 23.1 Å². The highest BCUT2D eigenvalue weighted by molar-refractivity contribution is 6.19. The Balaban J connectivity index is 1.79. The van der Waals surface area contributed by atoms with E-state index in [1.807, 2.05) is 81.6 Å². The topological polar surface area (TPSA) is 97.5 Å². The molecule has 4 rings (SSSR count). The second-order valence-corrected chi connectivity index (χ2v) is 11.1. The number of nitriles is 1. The number of amides is 2. The molecule has 42 heavy (non-hydrogen) atoms. The molecule has 3 aromatic rings. The minimum atomic E-state index is -0.574. The number of ether oxygens (including phenoxy) is 2. The van der Waals surface area contributed by atoms with Gasteiger partial charge in [-0.1, -0.05) is 32.0 Å². The van der Waals surface area contributed by atoms with Crippen LogP contribution in [-0.4, -0.2) is 52.4 Å². The number of nitrogens with zero attached hydrogens (tertiary/aromatic N) is 4. The average Bonchev–Trinajstić information content (AvgIpc) is 3.38. The summed E-state index contributed by atoms with van der Waals surface area (Å²) < 4.78 is 13.3. The Morgan fingerprint density at radius 1 is 1.02 bits per heavy atom. The molecule has 0 saturated carbocycles. The lowest BCUT2D eigenvalue weighted by Gasteiger charge is -2.27. The molecular weight excluding hydrogens is 528 g/mol. The molecule has 2 amide bonds. The van der Waals surface area contributed by atoms with Crippen molar-refractivity contribution in [3.8, 4) is 28.8 Å². The van der Waals surface area contributed by atoms with Gasteiger partial charge in [0.2, 0.25) is 0 Å². The van der Waals surface area contributed by atoms with E-state index in [0.717, 1.165) is 27.5 Å². The summed E-state index contributed by atoms with van der Waals surface area (Å²) in [5, 5.41) is 14.8. The maximum Gasteiger partial charge on any atom is 0.271 e. The number of hydrogen-bond donors (Lipinski definition) is 0. The molecule has 0 bridgehead atoms. The number of aryl methyl sites for hydroxylation is 1. The maximum absolute atomic E-state index is 13.7. The first-order chi connectivity index (χ1) is 20.1. The quantitative estimate of drug-likeness (QED) is 0.154. The van der Waals surface area contributed by atoms with Crippen LogP contribution in [0.25, 0.3) is 23.0 Å². The second kappa shape index (κ2) is 13.5. The molecule has 8 nitrogen and oxygen atoms in total. The first-order valence-electron chi connectivity index (χ1n) is 14.3. The summed E-state index contributed by atoms with van der Waals surface area (Å²) in [6.45, 7) is 12.9. The van der Waals surface area contributed by atoms with Gasteiger partial charge in [-0.25, -0.2) is 4.68 Å². The lowest BCUT2D eigenvalue weighted by atomic mass is 9.92. The van der Waals surface area contributed by atoms with Crippen LogP contribution in [0.1, 0.15) is 52.2 Å². The van der Waals surface area contributed by atoms with Crippen molar-refractivity contribution in [2.75, 3.05) is 19.8 Å². The van der Waals surface area contributed by atoms with E-state index in [1.54, 1.807) is 17.7 Å². The highest BCUT2D eigenvalue weighted by Crippen LogP contribution is 2.33. The monoisotopic (exact) mass is 566 g/mol. The fraction of sp³-hybridized carbons (Fsp3) is 0.353. The van der Waals surface area contributed by atoms with E-state index >= 15 is 0 Å². The molecule has 1 aliphatic heterocycles. The van der Waals surface area contributed by atoms with Gasteiger partial charge < -0.3 is 9.47 Å². The summed E-state index contributed by atoms with van der Waals surface area (Å²) in [5.41, 5.74) is 4.69. The lowest BCUT2D eigenvalue weighted by molar-refractivity contribution is -0.140. The third-order valence-corrected chi connectivity index (χ3v) is 6.90. The van der Waals surface area contributed by atoms with Crippen molar-refractivity contribution < 1.29 is 19.1 Å². The minimum Gasteiger partial charge on any atom is -0.493 e. The molecule has 218 valence electrons. The Bertz CT molecular complexity index is 1560. The van der Waals surface area contributed by atoms with Gasteiger partial charge in [0.15, 0.2) is 0 Å². The van der Waals surface area contributed by atoms with Crippen molar-refractivity contribution in [3.05, 3.63) is 82.6 Å². The van der Waals surface area contributed by atoms with Gasteiger partial charge in [-0.3, -0.25) is 14.5 Å². The predicted octanol–water partition coefficient (Wildman–Crippen LogP) is 6.29. The normalized spacial score (nSPS) is 14.8. The third kappa shape index (κ3) is 6.87. The Labute approximate surface area is 247 Å². The van der Waals surface area contributed by atoms with Crippen LogP contribution >= 0.6 is 0 Å². The fourth-order valence-electron chi connectivity index (χ4n) is 4.70. The SMILES string of the molecule is CC1=C(C#N)C(=O)N(CCCOC(C)C)C(=O)/C1=C/c1cn(-c2ccccc2)nc1-c1ccc(OCC(C)C)cc1C. The molecule has 0 radical (unpaired) electrons. The van der Waals surface area contributed by atoms with Gasteiger partial charge in [0.05, 0.1) is 18.4 Å². The lowest BCUT2D eigenvalue weighted by Crippen LogP contribution is -2.43. The zero-order valence-corrected chi connectivity index (χ0v) is 25.2. The molecule has 8 heteroatoms. The average molecular weight is 567 g/mol. The van der Waals surface area contributed by atoms with Crippen molar-refractivity contribution >= 4 is 17.9 Å². The van der Waals surface area contributed by atoms with Gasteiger partial charge in [-0.2, -0.15) is 10.4 Å². The number of imide groups is 1. The summed E-state index contributed by atoms with van der Waals surface area (Å²) in [6.07, 6.45) is 4.12. The number of carbonyl (C=O) groups excluding carboxylic acids is 2. The Morgan fingerprint density at radius 2 is 1.76 bits per heavy atom. The van der Waals surface area contributed by atoms with Crippen molar-refractivity contribution in [1.82, 2.24) is 14.7 Å². The molecule has 0 unspecified atom stereocenters. The smallest absolute Gasteiger partial charge is 0.271 e. The van der Waals surface area contributed by atoms with E-state index in [2.05, 4.69) is 13.8 Å². The molecule has 0 atom stereocenters. The minimum absolute atomic E-state index is 0.0366. The maximum atomic E-state index is 13.7. The molecule has 0 saturated heterocycles. The number of para-hydroxylation sites is 1. The van der Waals surface area contributed by atoms with Crippen molar-refractivity contribution in [2.24, 2.45) is 5.92 Å². The Kier molecular flexibility index (Phi) is 9.76. The van der Waals surface area contributed by atoms with Crippen LogP contribution in [0.5, 0.6) is 5.75 Å². The molecular formula is C34H38N4O4. The van der Waals surface area contributed by atoms with Crippen LogP contribution in [0.15, 0.2) is 71.4 Å². The third-order valence-electron chi connectivity index (χ3n) is 6.90. The highest BCUT2D eigenvalue weighted by atomic mass is 16.5. The van der Waals surface area contributed by atoms with Crippen LogP contribution in [0.4, 0.5) is 0 Å². The summed E-state index contributed by atoms with van der Waals surface area (Å²) in [7, 11) is 0. The first-order valence-corrected chi connectivity index (χ1v) is 14.3. The van der Waals surface area contributed by atoms with E-state index in [4.69, 9.17) is 14.6 Å². The fourth-order valence-corrected chi connectivity index (χ4v) is 4.70. The van der Waals surface area contributed by atoms with E-state index in [-0.39, 0.29) is 18.2 Å². The number of aromatic nitrogens is 2. The predicted molar refractivity (Wildman–Crippen MR) is 163 cm³/mol. The molecule has 0 spiro atoms. The number of benzene rings is 2. The number of hydrogen-bond acceptors (Lipinski definition) is 6. The summed E-state index contributed by atoms with van der Waals surface area (Å²) in [6, 6.07) is 17.6.